The molecule has 0 aliphatic rings. The van der Waals surface area contributed by atoms with Crippen molar-refractivity contribution in [2.75, 3.05) is 0 Å². The fraction of sp³-hybridized carbons (Fsp3) is 0.357. The predicted octanol–water partition coefficient (Wildman–Crippen LogP) is 3.36. The van der Waals surface area contributed by atoms with Crippen molar-refractivity contribution in [1.82, 2.24) is 10.3 Å². The van der Waals surface area contributed by atoms with Gasteiger partial charge in [-0.2, -0.15) is 0 Å². The van der Waals surface area contributed by atoms with E-state index in [0.29, 0.717) is 0 Å². The summed E-state index contributed by atoms with van der Waals surface area (Å²) in [4.78, 5) is 5.36. The van der Waals surface area contributed by atoms with E-state index < -0.39 is 0 Å². The summed E-state index contributed by atoms with van der Waals surface area (Å²) >= 11 is 1.70. The first-order valence-corrected chi connectivity index (χ1v) is 6.69. The highest BCUT2D eigenvalue weighted by Crippen LogP contribution is 2.16. The molecule has 3 heteroatoms. The van der Waals surface area contributed by atoms with Gasteiger partial charge in [0.1, 0.15) is 0 Å². The summed E-state index contributed by atoms with van der Waals surface area (Å²) < 4.78 is 0. The maximum atomic E-state index is 4.07. The lowest BCUT2D eigenvalue weighted by molar-refractivity contribution is 0.694. The van der Waals surface area contributed by atoms with Crippen LogP contribution in [-0.4, -0.2) is 4.98 Å². The third-order valence-electron chi connectivity index (χ3n) is 2.92. The lowest BCUT2D eigenvalue weighted by atomic mass is 10.00. The molecule has 1 heterocycles. The Labute approximate surface area is 107 Å². The Hall–Kier alpha value is -1.19. The van der Waals surface area contributed by atoms with Crippen LogP contribution in [-0.2, 0) is 13.1 Å². The summed E-state index contributed by atoms with van der Waals surface area (Å²) in [5.41, 5.74) is 7.38. The van der Waals surface area contributed by atoms with Crippen LogP contribution in [0.2, 0.25) is 0 Å². The van der Waals surface area contributed by atoms with Crippen molar-refractivity contribution in [2.45, 2.75) is 33.9 Å². The molecule has 1 aromatic heterocycles. The van der Waals surface area contributed by atoms with E-state index >= 15 is 0 Å². The first-order valence-electron chi connectivity index (χ1n) is 5.81. The Morgan fingerprint density at radius 1 is 1.12 bits per heavy atom. The van der Waals surface area contributed by atoms with Gasteiger partial charge in [0.2, 0.25) is 0 Å². The van der Waals surface area contributed by atoms with Gasteiger partial charge in [-0.25, -0.2) is 0 Å². The normalized spacial score (nSPS) is 10.8. The van der Waals surface area contributed by atoms with Crippen LogP contribution in [0.1, 0.15) is 27.1 Å². The third kappa shape index (κ3) is 3.14. The van der Waals surface area contributed by atoms with Gasteiger partial charge in [-0.05, 0) is 37.5 Å². The van der Waals surface area contributed by atoms with Crippen molar-refractivity contribution in [3.05, 3.63) is 51.0 Å². The van der Waals surface area contributed by atoms with Gasteiger partial charge in [0.15, 0.2) is 0 Å². The lowest BCUT2D eigenvalue weighted by Gasteiger charge is -2.11. The van der Waals surface area contributed by atoms with Gasteiger partial charge in [-0.15, -0.1) is 11.3 Å². The van der Waals surface area contributed by atoms with Crippen LogP contribution in [0.3, 0.4) is 0 Å². The van der Waals surface area contributed by atoms with Crippen LogP contribution in [0.5, 0.6) is 0 Å². The van der Waals surface area contributed by atoms with Crippen molar-refractivity contribution in [1.29, 1.82) is 0 Å². The standard InChI is InChI=1S/C14H18N2S/c1-10-4-11(2)14(12(3)5-10)8-15-6-13-7-16-9-17-13/h4-5,7,9,15H,6,8H2,1-3H3. The topological polar surface area (TPSA) is 24.9 Å². The van der Waals surface area contributed by atoms with Crippen molar-refractivity contribution >= 4 is 11.3 Å². The number of nitrogens with one attached hydrogen (secondary N) is 1. The molecule has 90 valence electrons. The molecule has 2 rings (SSSR count). The highest BCUT2D eigenvalue weighted by Gasteiger charge is 2.03. The van der Waals surface area contributed by atoms with Gasteiger partial charge >= 0.3 is 0 Å². The van der Waals surface area contributed by atoms with Crippen molar-refractivity contribution in [3.63, 3.8) is 0 Å². The van der Waals surface area contributed by atoms with Crippen LogP contribution >= 0.6 is 11.3 Å². The first kappa shape index (κ1) is 12.3. The predicted molar refractivity (Wildman–Crippen MR) is 73.3 cm³/mol. The Balaban J connectivity index is 1.99. The average molecular weight is 246 g/mol. The smallest absolute Gasteiger partial charge is 0.0794 e. The molecule has 0 bridgehead atoms. The fourth-order valence-electron chi connectivity index (χ4n) is 2.13. The molecule has 0 aliphatic carbocycles. The number of thiazole rings is 1. The molecule has 0 saturated carbocycles. The molecule has 0 fully saturated rings. The fourth-order valence-corrected chi connectivity index (χ4v) is 2.69. The molecule has 0 unspecified atom stereocenters. The quantitative estimate of drug-likeness (QED) is 0.894. The van der Waals surface area contributed by atoms with Gasteiger partial charge in [0, 0.05) is 24.2 Å². The van der Waals surface area contributed by atoms with E-state index in [9.17, 15) is 0 Å². The van der Waals surface area contributed by atoms with Crippen molar-refractivity contribution < 1.29 is 0 Å². The maximum Gasteiger partial charge on any atom is 0.0794 e. The van der Waals surface area contributed by atoms with E-state index in [1.807, 2.05) is 11.7 Å². The summed E-state index contributed by atoms with van der Waals surface area (Å²) in [6.45, 7) is 8.34. The van der Waals surface area contributed by atoms with E-state index in [1.54, 1.807) is 11.3 Å². The van der Waals surface area contributed by atoms with Crippen LogP contribution < -0.4 is 5.32 Å². The number of hydrogen-bond donors (Lipinski definition) is 1. The zero-order valence-electron chi connectivity index (χ0n) is 10.6. The SMILES string of the molecule is Cc1cc(C)c(CNCc2cncs2)c(C)c1. The van der Waals surface area contributed by atoms with Gasteiger partial charge in [0.25, 0.3) is 0 Å². The third-order valence-corrected chi connectivity index (χ3v) is 3.70. The molecular formula is C14H18N2S. The monoisotopic (exact) mass is 246 g/mol. The highest BCUT2D eigenvalue weighted by atomic mass is 32.1. The van der Waals surface area contributed by atoms with E-state index in [1.165, 1.54) is 27.1 Å². The van der Waals surface area contributed by atoms with Gasteiger partial charge < -0.3 is 5.32 Å². The van der Waals surface area contributed by atoms with Crippen LogP contribution in [0.25, 0.3) is 0 Å². The molecule has 0 aliphatic heterocycles. The van der Waals surface area contributed by atoms with Crippen molar-refractivity contribution in [3.8, 4) is 0 Å². The van der Waals surface area contributed by atoms with E-state index in [-0.39, 0.29) is 0 Å². The minimum Gasteiger partial charge on any atom is -0.308 e. The Morgan fingerprint density at radius 2 is 1.82 bits per heavy atom. The summed E-state index contributed by atoms with van der Waals surface area (Å²) in [6.07, 6.45) is 1.92. The maximum absolute atomic E-state index is 4.07. The van der Waals surface area contributed by atoms with Gasteiger partial charge in [0.05, 0.1) is 5.51 Å². The summed E-state index contributed by atoms with van der Waals surface area (Å²) in [6, 6.07) is 4.49. The van der Waals surface area contributed by atoms with Crippen LogP contribution in [0, 0.1) is 20.8 Å². The number of aryl methyl sites for hydroxylation is 3. The number of nitrogens with zero attached hydrogens (tertiary/aromatic N) is 1. The number of aromatic nitrogens is 1. The second-order valence-electron chi connectivity index (χ2n) is 4.45. The molecule has 17 heavy (non-hydrogen) atoms. The Morgan fingerprint density at radius 3 is 2.41 bits per heavy atom. The molecule has 1 aromatic carbocycles. The number of benzene rings is 1. The zero-order valence-corrected chi connectivity index (χ0v) is 11.4. The second kappa shape index (κ2) is 5.43. The minimum atomic E-state index is 0.900. The minimum absolute atomic E-state index is 0.900. The van der Waals surface area contributed by atoms with E-state index in [4.69, 9.17) is 0 Å². The number of hydrogen-bond acceptors (Lipinski definition) is 3. The molecule has 2 nitrogen and oxygen atoms in total. The van der Waals surface area contributed by atoms with Crippen LogP contribution in [0.4, 0.5) is 0 Å². The Kier molecular flexibility index (Phi) is 3.92. The highest BCUT2D eigenvalue weighted by molar-refractivity contribution is 7.09. The molecule has 0 atom stereocenters. The molecule has 1 N–H and O–H groups in total. The first-order chi connectivity index (χ1) is 8.16. The van der Waals surface area contributed by atoms with E-state index in [2.05, 4.69) is 43.2 Å². The van der Waals surface area contributed by atoms with Crippen molar-refractivity contribution in [2.24, 2.45) is 0 Å². The second-order valence-corrected chi connectivity index (χ2v) is 5.42. The largest absolute Gasteiger partial charge is 0.308 e. The molecule has 0 radical (unpaired) electrons. The summed E-state index contributed by atoms with van der Waals surface area (Å²) in [7, 11) is 0. The van der Waals surface area contributed by atoms with Crippen LogP contribution in [0.15, 0.2) is 23.8 Å². The summed E-state index contributed by atoms with van der Waals surface area (Å²) in [5, 5.41) is 3.48. The summed E-state index contributed by atoms with van der Waals surface area (Å²) in [5.74, 6) is 0. The molecule has 0 amide bonds. The van der Waals surface area contributed by atoms with Gasteiger partial charge in [-0.1, -0.05) is 17.7 Å². The van der Waals surface area contributed by atoms with Gasteiger partial charge in [-0.3, -0.25) is 4.98 Å². The molecule has 0 saturated heterocycles. The Bertz CT molecular complexity index is 466. The zero-order chi connectivity index (χ0) is 12.3. The lowest BCUT2D eigenvalue weighted by Crippen LogP contribution is -2.14. The molecule has 0 spiro atoms. The van der Waals surface area contributed by atoms with E-state index in [0.717, 1.165) is 13.1 Å². The molecular weight excluding hydrogens is 228 g/mol. The average Bonchev–Trinajstić information content (AvgIpc) is 2.74. The number of rotatable bonds is 4. The molecule has 2 aromatic rings.